The number of rotatable bonds is 6. The molecule has 1 fully saturated rings. The van der Waals surface area contributed by atoms with Crippen LogP contribution in [0.4, 0.5) is 4.39 Å². The molecule has 3 rings (SSSR count). The van der Waals surface area contributed by atoms with Crippen LogP contribution in [-0.2, 0) is 9.59 Å². The largest absolute Gasteiger partial charge is 0.481 e. The molecule has 1 N–H and O–H groups in total. The van der Waals surface area contributed by atoms with Crippen molar-refractivity contribution in [1.29, 1.82) is 0 Å². The first-order valence-corrected chi connectivity index (χ1v) is 9.50. The summed E-state index contributed by atoms with van der Waals surface area (Å²) in [5.74, 6) is -1.36. The molecule has 2 aromatic carbocycles. The van der Waals surface area contributed by atoms with E-state index in [4.69, 9.17) is 17.3 Å². The van der Waals surface area contributed by atoms with Crippen LogP contribution in [0.1, 0.15) is 18.4 Å². The van der Waals surface area contributed by atoms with Crippen LogP contribution in [0.2, 0.25) is 0 Å². The Kier molecular flexibility index (Phi) is 6.03. The summed E-state index contributed by atoms with van der Waals surface area (Å²) in [5, 5.41) is 8.71. The van der Waals surface area contributed by atoms with Crippen LogP contribution in [0.3, 0.4) is 0 Å². The predicted octanol–water partition coefficient (Wildman–Crippen LogP) is 4.56. The highest BCUT2D eigenvalue weighted by atomic mass is 32.2. The first-order valence-electron chi connectivity index (χ1n) is 8.27. The highest BCUT2D eigenvalue weighted by Gasteiger charge is 2.31. The fraction of sp³-hybridized carbons (Fsp3) is 0.150. The maximum atomic E-state index is 13.0. The van der Waals surface area contributed by atoms with Crippen LogP contribution in [0, 0.1) is 5.82 Å². The average Bonchev–Trinajstić information content (AvgIpc) is 2.90. The Bertz CT molecular complexity index is 908. The van der Waals surface area contributed by atoms with Crippen molar-refractivity contribution in [3.63, 3.8) is 0 Å². The number of benzene rings is 2. The molecule has 4 nitrogen and oxygen atoms in total. The third-order valence-corrected chi connectivity index (χ3v) is 5.41. The Morgan fingerprint density at radius 1 is 1.11 bits per heavy atom. The third-order valence-electron chi connectivity index (χ3n) is 4.03. The molecule has 1 amide bonds. The lowest BCUT2D eigenvalue weighted by Crippen LogP contribution is -2.29. The Morgan fingerprint density at radius 3 is 2.30 bits per heavy atom. The Morgan fingerprint density at radius 2 is 1.70 bits per heavy atom. The van der Waals surface area contributed by atoms with Crippen LogP contribution < -0.4 is 0 Å². The molecule has 138 valence electrons. The highest BCUT2D eigenvalue weighted by molar-refractivity contribution is 8.26. The summed E-state index contributed by atoms with van der Waals surface area (Å²) < 4.78 is 13.5. The number of thioether (sulfide) groups is 1. The number of carboxylic acids is 1. The lowest BCUT2D eigenvalue weighted by atomic mass is 10.0. The number of carbonyl (C=O) groups is 2. The van der Waals surface area contributed by atoms with E-state index in [2.05, 4.69) is 0 Å². The third kappa shape index (κ3) is 4.81. The van der Waals surface area contributed by atoms with Gasteiger partial charge in [-0.1, -0.05) is 60.4 Å². The van der Waals surface area contributed by atoms with Gasteiger partial charge in [-0.3, -0.25) is 14.5 Å². The second kappa shape index (κ2) is 8.45. The molecular weight excluding hydrogens is 385 g/mol. The van der Waals surface area contributed by atoms with Crippen LogP contribution in [0.15, 0.2) is 53.4 Å². The van der Waals surface area contributed by atoms with Crippen molar-refractivity contribution in [2.75, 3.05) is 6.54 Å². The van der Waals surface area contributed by atoms with E-state index < -0.39 is 5.97 Å². The molecule has 1 aliphatic heterocycles. The van der Waals surface area contributed by atoms with Crippen LogP contribution in [-0.4, -0.2) is 32.7 Å². The number of thiocarbonyl (C=S) groups is 1. The minimum Gasteiger partial charge on any atom is -0.481 e. The summed E-state index contributed by atoms with van der Waals surface area (Å²) in [7, 11) is 0. The zero-order chi connectivity index (χ0) is 19.4. The van der Waals surface area contributed by atoms with Crippen molar-refractivity contribution in [3.8, 4) is 11.1 Å². The molecule has 2 aromatic rings. The van der Waals surface area contributed by atoms with Gasteiger partial charge in [0.2, 0.25) is 0 Å². The van der Waals surface area contributed by atoms with E-state index in [-0.39, 0.29) is 18.1 Å². The fourth-order valence-electron chi connectivity index (χ4n) is 2.65. The quantitative estimate of drug-likeness (QED) is 0.568. The lowest BCUT2D eigenvalue weighted by Gasteiger charge is -2.13. The number of nitrogens with zero attached hydrogens (tertiary/aromatic N) is 1. The van der Waals surface area contributed by atoms with Crippen molar-refractivity contribution in [2.45, 2.75) is 12.8 Å². The minimum absolute atomic E-state index is 0.000948. The van der Waals surface area contributed by atoms with Gasteiger partial charge in [-0.15, -0.1) is 0 Å². The zero-order valence-electron chi connectivity index (χ0n) is 14.2. The van der Waals surface area contributed by atoms with Crippen molar-refractivity contribution >= 4 is 46.3 Å². The molecule has 0 aliphatic carbocycles. The predicted molar refractivity (Wildman–Crippen MR) is 109 cm³/mol. The number of hydrogen-bond acceptors (Lipinski definition) is 4. The molecular formula is C20H16FNO3S2. The summed E-state index contributed by atoms with van der Waals surface area (Å²) in [6.07, 6.45) is 2.13. The van der Waals surface area contributed by atoms with E-state index in [1.807, 2.05) is 24.3 Å². The van der Waals surface area contributed by atoms with Gasteiger partial charge >= 0.3 is 5.97 Å². The maximum Gasteiger partial charge on any atom is 0.303 e. The van der Waals surface area contributed by atoms with E-state index >= 15 is 0 Å². The number of aliphatic carboxylic acids is 1. The van der Waals surface area contributed by atoms with Gasteiger partial charge < -0.3 is 5.11 Å². The molecule has 1 saturated heterocycles. The molecule has 7 heteroatoms. The lowest BCUT2D eigenvalue weighted by molar-refractivity contribution is -0.137. The molecule has 0 unspecified atom stereocenters. The number of amides is 1. The van der Waals surface area contributed by atoms with E-state index in [9.17, 15) is 14.0 Å². The smallest absolute Gasteiger partial charge is 0.303 e. The normalized spacial score (nSPS) is 15.6. The summed E-state index contributed by atoms with van der Waals surface area (Å²) in [5.41, 5.74) is 2.72. The molecule has 0 aromatic heterocycles. The number of hydrogen-bond donors (Lipinski definition) is 1. The monoisotopic (exact) mass is 401 g/mol. The molecule has 0 saturated carbocycles. The molecule has 0 radical (unpaired) electrons. The standard InChI is InChI=1S/C20H16FNO3S2/c21-16-9-7-15(8-10-16)14-5-3-13(4-6-14)12-17-19(25)22(20(26)27-17)11-1-2-18(23)24/h3-10,12H,1-2,11H2,(H,23,24). The number of halogens is 1. The van der Waals surface area contributed by atoms with Crippen LogP contribution in [0.25, 0.3) is 17.2 Å². The van der Waals surface area contributed by atoms with Gasteiger partial charge in [0.15, 0.2) is 0 Å². The number of carboxylic acid groups (broad SMARTS) is 1. The van der Waals surface area contributed by atoms with E-state index in [1.54, 1.807) is 18.2 Å². The molecule has 0 bridgehead atoms. The molecule has 1 heterocycles. The van der Waals surface area contributed by atoms with Gasteiger partial charge in [0, 0.05) is 13.0 Å². The van der Waals surface area contributed by atoms with Gasteiger partial charge in [0.1, 0.15) is 10.1 Å². The van der Waals surface area contributed by atoms with Gasteiger partial charge in [-0.2, -0.15) is 0 Å². The van der Waals surface area contributed by atoms with Crippen molar-refractivity contribution in [1.82, 2.24) is 4.90 Å². The summed E-state index contributed by atoms with van der Waals surface area (Å²) >= 11 is 6.45. The zero-order valence-corrected chi connectivity index (χ0v) is 15.9. The van der Waals surface area contributed by atoms with E-state index in [1.165, 1.54) is 28.8 Å². The Hall–Kier alpha value is -2.51. The van der Waals surface area contributed by atoms with Gasteiger partial charge in [-0.05, 0) is 41.3 Å². The summed E-state index contributed by atoms with van der Waals surface area (Å²) in [6, 6.07) is 13.8. The van der Waals surface area contributed by atoms with E-state index in [0.29, 0.717) is 22.2 Å². The number of carbonyl (C=O) groups excluding carboxylic acids is 1. The first kappa shape index (κ1) is 19.3. The minimum atomic E-state index is -0.891. The fourth-order valence-corrected chi connectivity index (χ4v) is 3.96. The second-order valence-electron chi connectivity index (χ2n) is 5.96. The molecule has 1 aliphatic rings. The summed E-state index contributed by atoms with van der Waals surface area (Å²) in [6.45, 7) is 0.303. The van der Waals surface area contributed by atoms with Gasteiger partial charge in [0.05, 0.1) is 4.91 Å². The van der Waals surface area contributed by atoms with Crippen molar-refractivity contribution in [3.05, 3.63) is 64.8 Å². The van der Waals surface area contributed by atoms with Gasteiger partial charge in [0.25, 0.3) is 5.91 Å². The molecule has 0 spiro atoms. The second-order valence-corrected chi connectivity index (χ2v) is 7.64. The summed E-state index contributed by atoms with van der Waals surface area (Å²) in [4.78, 5) is 25.1. The van der Waals surface area contributed by atoms with Crippen molar-refractivity contribution in [2.24, 2.45) is 0 Å². The SMILES string of the molecule is O=C(O)CCCN1C(=O)C(=Cc2ccc(-c3ccc(F)cc3)cc2)SC1=S. The van der Waals surface area contributed by atoms with Crippen LogP contribution >= 0.6 is 24.0 Å². The average molecular weight is 401 g/mol. The first-order chi connectivity index (χ1) is 12.9. The maximum absolute atomic E-state index is 13.0. The molecule has 27 heavy (non-hydrogen) atoms. The Balaban J connectivity index is 1.71. The highest BCUT2D eigenvalue weighted by Crippen LogP contribution is 2.33. The van der Waals surface area contributed by atoms with Crippen LogP contribution in [0.5, 0.6) is 0 Å². The Labute approximate surface area is 165 Å². The topological polar surface area (TPSA) is 57.6 Å². The van der Waals surface area contributed by atoms with Crippen molar-refractivity contribution < 1.29 is 19.1 Å². The molecule has 0 atom stereocenters. The van der Waals surface area contributed by atoms with E-state index in [0.717, 1.165) is 16.7 Å². The van der Waals surface area contributed by atoms with Gasteiger partial charge in [-0.25, -0.2) is 4.39 Å².